The second-order valence-electron chi connectivity index (χ2n) is 5.81. The Morgan fingerprint density at radius 2 is 1.92 bits per heavy atom. The van der Waals surface area contributed by atoms with Crippen molar-refractivity contribution in [1.29, 1.82) is 0 Å². The highest BCUT2D eigenvalue weighted by atomic mass is 127. The highest BCUT2D eigenvalue weighted by Gasteiger charge is 2.08. The largest absolute Gasteiger partial charge is 0.383 e. The Kier molecular flexibility index (Phi) is 13.0. The van der Waals surface area contributed by atoms with Crippen LogP contribution in [0.2, 0.25) is 0 Å². The van der Waals surface area contributed by atoms with Crippen molar-refractivity contribution in [3.05, 3.63) is 35.4 Å². The molecule has 0 saturated carbocycles. The summed E-state index contributed by atoms with van der Waals surface area (Å²) in [5.41, 5.74) is 2.65. The monoisotopic (exact) mass is 448 g/mol. The number of benzene rings is 1. The first-order valence-corrected chi connectivity index (χ1v) is 8.30. The minimum absolute atomic E-state index is 0. The van der Waals surface area contributed by atoms with E-state index in [1.165, 1.54) is 11.1 Å². The lowest BCUT2D eigenvalue weighted by molar-refractivity contribution is 0.163. The van der Waals surface area contributed by atoms with Gasteiger partial charge in [-0.2, -0.15) is 0 Å². The van der Waals surface area contributed by atoms with Gasteiger partial charge in [0.2, 0.25) is 0 Å². The van der Waals surface area contributed by atoms with Crippen LogP contribution >= 0.6 is 24.0 Å². The van der Waals surface area contributed by atoms with Crippen molar-refractivity contribution in [3.63, 3.8) is 0 Å². The van der Waals surface area contributed by atoms with Crippen LogP contribution in [-0.4, -0.2) is 69.8 Å². The van der Waals surface area contributed by atoms with Crippen LogP contribution in [0, 0.1) is 6.92 Å². The molecule has 0 fully saturated rings. The number of hydrogen-bond acceptors (Lipinski definition) is 3. The summed E-state index contributed by atoms with van der Waals surface area (Å²) in [5, 5.41) is 3.37. The summed E-state index contributed by atoms with van der Waals surface area (Å²) >= 11 is 0. The fourth-order valence-electron chi connectivity index (χ4n) is 2.27. The number of hydrogen-bond donors (Lipinski definition) is 1. The number of halogens is 1. The molecule has 1 rings (SSSR count). The van der Waals surface area contributed by atoms with Gasteiger partial charge >= 0.3 is 0 Å². The Morgan fingerprint density at radius 3 is 2.54 bits per heavy atom. The van der Waals surface area contributed by atoms with Gasteiger partial charge in [0.05, 0.1) is 13.2 Å². The highest BCUT2D eigenvalue weighted by molar-refractivity contribution is 14.0. The third-order valence-corrected chi connectivity index (χ3v) is 3.79. The maximum absolute atomic E-state index is 5.10. The van der Waals surface area contributed by atoms with Crippen molar-refractivity contribution >= 4 is 29.9 Å². The van der Waals surface area contributed by atoms with E-state index in [4.69, 9.17) is 9.73 Å². The molecular weight excluding hydrogens is 415 g/mol. The molecule has 0 saturated heterocycles. The Morgan fingerprint density at radius 1 is 1.21 bits per heavy atom. The van der Waals surface area contributed by atoms with Gasteiger partial charge in [-0.05, 0) is 32.0 Å². The van der Waals surface area contributed by atoms with Crippen LogP contribution in [0.15, 0.2) is 29.3 Å². The Balaban J connectivity index is 0.00000529. The average molecular weight is 448 g/mol. The summed E-state index contributed by atoms with van der Waals surface area (Å²) < 4.78 is 5.10. The molecule has 0 aliphatic carbocycles. The number of nitrogens with zero attached hydrogens (tertiary/aromatic N) is 3. The summed E-state index contributed by atoms with van der Waals surface area (Å²) in [4.78, 5) is 9.15. The molecule has 0 spiro atoms. The molecule has 0 amide bonds. The van der Waals surface area contributed by atoms with Crippen LogP contribution in [0.1, 0.15) is 18.1 Å². The van der Waals surface area contributed by atoms with E-state index in [9.17, 15) is 0 Å². The number of likely N-dealkylation sites (N-methyl/N-ethyl adjacent to an activating group) is 1. The topological polar surface area (TPSA) is 40.1 Å². The Hall–Kier alpha value is -0.860. The molecule has 0 atom stereocenters. The number of rotatable bonds is 9. The number of aryl methyl sites for hydroxylation is 1. The van der Waals surface area contributed by atoms with Crippen LogP contribution in [0.5, 0.6) is 0 Å². The van der Waals surface area contributed by atoms with E-state index < -0.39 is 0 Å². The fourth-order valence-corrected chi connectivity index (χ4v) is 2.27. The van der Waals surface area contributed by atoms with E-state index in [0.717, 1.165) is 45.3 Å². The van der Waals surface area contributed by atoms with Crippen molar-refractivity contribution in [2.24, 2.45) is 4.99 Å². The molecule has 138 valence electrons. The molecule has 0 aliphatic heterocycles. The lowest BCUT2D eigenvalue weighted by Gasteiger charge is -2.23. The summed E-state index contributed by atoms with van der Waals surface area (Å²) in [6.07, 6.45) is 0. The molecule has 6 heteroatoms. The van der Waals surface area contributed by atoms with Gasteiger partial charge in [-0.1, -0.05) is 24.3 Å². The molecule has 0 unspecified atom stereocenters. The third kappa shape index (κ3) is 8.84. The normalized spacial score (nSPS) is 11.3. The van der Waals surface area contributed by atoms with Gasteiger partial charge in [0.15, 0.2) is 5.96 Å². The molecule has 0 heterocycles. The number of guanidine groups is 1. The van der Waals surface area contributed by atoms with E-state index in [0.29, 0.717) is 0 Å². The molecule has 5 nitrogen and oxygen atoms in total. The van der Waals surface area contributed by atoms with Gasteiger partial charge in [-0.25, -0.2) is 0 Å². The van der Waals surface area contributed by atoms with Gasteiger partial charge in [0.1, 0.15) is 0 Å². The molecule has 0 bridgehead atoms. The van der Waals surface area contributed by atoms with Crippen molar-refractivity contribution in [2.75, 3.05) is 54.0 Å². The van der Waals surface area contributed by atoms with Crippen LogP contribution in [0.4, 0.5) is 0 Å². The standard InChI is InChI=1S/C18H32N4O.HI/c1-6-19-18(20-11-12-21(3)13-14-23-5)22(4)15-17-10-8-7-9-16(17)2;/h7-10H,6,11-15H2,1-5H3,(H,19,20);1H. The Bertz CT molecular complexity index is 482. The summed E-state index contributed by atoms with van der Waals surface area (Å²) in [6.45, 7) is 9.38. The van der Waals surface area contributed by atoms with Crippen molar-refractivity contribution in [2.45, 2.75) is 20.4 Å². The number of nitrogens with one attached hydrogen (secondary N) is 1. The van der Waals surface area contributed by atoms with E-state index >= 15 is 0 Å². The van der Waals surface area contributed by atoms with Crippen LogP contribution in [0.25, 0.3) is 0 Å². The summed E-state index contributed by atoms with van der Waals surface area (Å²) in [6, 6.07) is 8.49. The summed E-state index contributed by atoms with van der Waals surface area (Å²) in [7, 11) is 5.91. The summed E-state index contributed by atoms with van der Waals surface area (Å²) in [5.74, 6) is 0.955. The van der Waals surface area contributed by atoms with Gasteiger partial charge in [-0.15, -0.1) is 24.0 Å². The predicted octanol–water partition coefficient (Wildman–Crippen LogP) is 2.59. The average Bonchev–Trinajstić information content (AvgIpc) is 2.54. The molecule has 0 radical (unpaired) electrons. The molecule has 24 heavy (non-hydrogen) atoms. The fraction of sp³-hybridized carbons (Fsp3) is 0.611. The zero-order chi connectivity index (χ0) is 17.1. The minimum Gasteiger partial charge on any atom is -0.383 e. The lowest BCUT2D eigenvalue weighted by Crippen LogP contribution is -2.39. The Labute approximate surface area is 164 Å². The van der Waals surface area contributed by atoms with Crippen molar-refractivity contribution < 1.29 is 4.74 Å². The third-order valence-electron chi connectivity index (χ3n) is 3.79. The first-order chi connectivity index (χ1) is 11.1. The van der Waals surface area contributed by atoms with Gasteiger partial charge < -0.3 is 19.9 Å². The minimum atomic E-state index is 0. The lowest BCUT2D eigenvalue weighted by atomic mass is 10.1. The first-order valence-electron chi connectivity index (χ1n) is 8.30. The second kappa shape index (κ2) is 13.4. The van der Waals surface area contributed by atoms with E-state index in [2.05, 4.69) is 67.3 Å². The molecule has 0 aromatic heterocycles. The molecule has 1 aromatic rings. The maximum Gasteiger partial charge on any atom is 0.194 e. The van der Waals surface area contributed by atoms with Crippen LogP contribution in [0.3, 0.4) is 0 Å². The van der Waals surface area contributed by atoms with Crippen molar-refractivity contribution in [3.8, 4) is 0 Å². The van der Waals surface area contributed by atoms with E-state index in [-0.39, 0.29) is 24.0 Å². The maximum atomic E-state index is 5.10. The van der Waals surface area contributed by atoms with E-state index in [1.54, 1.807) is 7.11 Å². The zero-order valence-electron chi connectivity index (χ0n) is 15.7. The number of ether oxygens (including phenoxy) is 1. The van der Waals surface area contributed by atoms with Gasteiger partial charge in [-0.3, -0.25) is 4.99 Å². The van der Waals surface area contributed by atoms with Crippen LogP contribution < -0.4 is 5.32 Å². The first kappa shape index (κ1) is 23.1. The quantitative estimate of drug-likeness (QED) is 0.358. The smallest absolute Gasteiger partial charge is 0.194 e. The number of aliphatic imine (C=N–C) groups is 1. The van der Waals surface area contributed by atoms with Gasteiger partial charge in [0.25, 0.3) is 0 Å². The highest BCUT2D eigenvalue weighted by Crippen LogP contribution is 2.09. The zero-order valence-corrected chi connectivity index (χ0v) is 18.0. The SMILES string of the molecule is CCNC(=NCCN(C)CCOC)N(C)Cc1ccccc1C.I. The van der Waals surface area contributed by atoms with Gasteiger partial charge in [0, 0.05) is 40.3 Å². The predicted molar refractivity (Wildman–Crippen MR) is 113 cm³/mol. The van der Waals surface area contributed by atoms with Crippen LogP contribution in [-0.2, 0) is 11.3 Å². The second-order valence-corrected chi connectivity index (χ2v) is 5.81. The molecule has 1 aromatic carbocycles. The molecular formula is C18H33IN4O. The van der Waals surface area contributed by atoms with Crippen molar-refractivity contribution in [1.82, 2.24) is 15.1 Å². The number of methoxy groups -OCH3 is 1. The molecule has 1 N–H and O–H groups in total. The molecule has 0 aliphatic rings. The van der Waals surface area contributed by atoms with E-state index in [1.807, 2.05) is 0 Å².